The summed E-state index contributed by atoms with van der Waals surface area (Å²) in [5.74, 6) is 0.181. The van der Waals surface area contributed by atoms with Crippen molar-refractivity contribution in [1.82, 2.24) is 19.4 Å². The molecule has 0 amide bonds. The molecule has 0 fully saturated rings. The van der Waals surface area contributed by atoms with Crippen LogP contribution in [0.1, 0.15) is 18.9 Å². The van der Waals surface area contributed by atoms with Crippen molar-refractivity contribution in [3.05, 3.63) is 18.0 Å². The average Bonchev–Trinajstić information content (AvgIpc) is 2.70. The predicted octanol–water partition coefficient (Wildman–Crippen LogP) is 0.451. The molecule has 0 aliphatic heterocycles. The lowest BCUT2D eigenvalue weighted by Crippen LogP contribution is -2.33. The standard InChI is InChI=1S/C12H24N4O2S/c1-11-8-14-16(9-11)10-12(2)13-6-5-7-19(17,18)15(3)4/h8-9,12-13H,5-7,10H2,1-4H3/t12-/m1/s1. The fourth-order valence-electron chi connectivity index (χ4n) is 1.70. The van der Waals surface area contributed by atoms with Crippen molar-refractivity contribution < 1.29 is 8.42 Å². The van der Waals surface area contributed by atoms with Crippen LogP contribution >= 0.6 is 0 Å². The van der Waals surface area contributed by atoms with E-state index in [0.717, 1.165) is 12.1 Å². The minimum Gasteiger partial charge on any atom is -0.312 e. The normalized spacial score (nSPS) is 13.9. The van der Waals surface area contributed by atoms with E-state index in [1.165, 1.54) is 4.31 Å². The number of rotatable bonds is 8. The van der Waals surface area contributed by atoms with Crippen molar-refractivity contribution in [2.24, 2.45) is 0 Å². The van der Waals surface area contributed by atoms with Gasteiger partial charge in [0, 0.05) is 26.3 Å². The molecule has 0 aliphatic rings. The van der Waals surface area contributed by atoms with E-state index < -0.39 is 10.0 Å². The van der Waals surface area contributed by atoms with Gasteiger partial charge in [-0.25, -0.2) is 12.7 Å². The van der Waals surface area contributed by atoms with Crippen molar-refractivity contribution in [3.63, 3.8) is 0 Å². The number of aromatic nitrogens is 2. The van der Waals surface area contributed by atoms with Crippen molar-refractivity contribution in [2.45, 2.75) is 32.9 Å². The predicted molar refractivity (Wildman–Crippen MR) is 76.5 cm³/mol. The van der Waals surface area contributed by atoms with E-state index in [1.807, 2.05) is 24.0 Å². The Morgan fingerprint density at radius 1 is 1.47 bits per heavy atom. The maximum atomic E-state index is 11.6. The highest BCUT2D eigenvalue weighted by Gasteiger charge is 2.12. The Kier molecular flexibility index (Phi) is 5.96. The molecule has 1 rings (SSSR count). The number of hydrogen-bond acceptors (Lipinski definition) is 4. The third-order valence-electron chi connectivity index (χ3n) is 2.85. The summed E-state index contributed by atoms with van der Waals surface area (Å²) in [6, 6.07) is 0.265. The number of nitrogens with one attached hydrogen (secondary N) is 1. The average molecular weight is 288 g/mol. The van der Waals surface area contributed by atoms with Crippen molar-refractivity contribution in [3.8, 4) is 0 Å². The van der Waals surface area contributed by atoms with Crippen molar-refractivity contribution in [2.75, 3.05) is 26.4 Å². The van der Waals surface area contributed by atoms with Crippen LogP contribution in [-0.2, 0) is 16.6 Å². The molecule has 1 atom stereocenters. The van der Waals surface area contributed by atoms with Gasteiger partial charge >= 0.3 is 0 Å². The van der Waals surface area contributed by atoms with E-state index >= 15 is 0 Å². The summed E-state index contributed by atoms with van der Waals surface area (Å²) in [5, 5.41) is 7.53. The van der Waals surface area contributed by atoms with Crippen molar-refractivity contribution >= 4 is 10.0 Å². The summed E-state index contributed by atoms with van der Waals surface area (Å²) in [5.41, 5.74) is 1.14. The molecular formula is C12H24N4O2S. The SMILES string of the molecule is Cc1cnn(C[C@@H](C)NCCCS(=O)(=O)N(C)C)c1. The van der Waals surface area contributed by atoms with Gasteiger partial charge < -0.3 is 5.32 Å². The molecule has 1 heterocycles. The largest absolute Gasteiger partial charge is 0.312 e. The first kappa shape index (κ1) is 16.1. The summed E-state index contributed by atoms with van der Waals surface area (Å²) >= 11 is 0. The van der Waals surface area contributed by atoms with Gasteiger partial charge in [0.25, 0.3) is 0 Å². The van der Waals surface area contributed by atoms with Gasteiger partial charge in [0.05, 0.1) is 18.5 Å². The van der Waals surface area contributed by atoms with E-state index in [9.17, 15) is 8.42 Å². The summed E-state index contributed by atoms with van der Waals surface area (Å²) in [7, 11) is 0.0460. The van der Waals surface area contributed by atoms with Crippen LogP contribution in [0.4, 0.5) is 0 Å². The lowest BCUT2D eigenvalue weighted by molar-refractivity contribution is 0.450. The summed E-state index contributed by atoms with van der Waals surface area (Å²) < 4.78 is 26.3. The molecule has 0 aliphatic carbocycles. The van der Waals surface area contributed by atoms with Crippen LogP contribution in [0.5, 0.6) is 0 Å². The van der Waals surface area contributed by atoms with Crippen LogP contribution in [0.3, 0.4) is 0 Å². The lowest BCUT2D eigenvalue weighted by Gasteiger charge is -2.15. The van der Waals surface area contributed by atoms with Crippen LogP contribution in [0.15, 0.2) is 12.4 Å². The Morgan fingerprint density at radius 2 is 2.16 bits per heavy atom. The summed E-state index contributed by atoms with van der Waals surface area (Å²) in [6.07, 6.45) is 4.44. The molecule has 0 saturated carbocycles. The molecule has 110 valence electrons. The third-order valence-corrected chi connectivity index (χ3v) is 4.77. The molecule has 19 heavy (non-hydrogen) atoms. The highest BCUT2D eigenvalue weighted by Crippen LogP contribution is 1.98. The molecule has 0 bridgehead atoms. The minimum absolute atomic E-state index is 0.181. The second-order valence-electron chi connectivity index (χ2n) is 5.05. The molecule has 7 heteroatoms. The number of nitrogens with zero attached hydrogens (tertiary/aromatic N) is 3. The highest BCUT2D eigenvalue weighted by molar-refractivity contribution is 7.89. The zero-order valence-corrected chi connectivity index (χ0v) is 12.9. The van der Waals surface area contributed by atoms with E-state index in [2.05, 4.69) is 17.3 Å². The Balaban J connectivity index is 2.23. The molecule has 0 spiro atoms. The number of hydrogen-bond donors (Lipinski definition) is 1. The smallest absolute Gasteiger partial charge is 0.213 e. The van der Waals surface area contributed by atoms with E-state index in [-0.39, 0.29) is 11.8 Å². The summed E-state index contributed by atoms with van der Waals surface area (Å²) in [6.45, 7) is 5.55. The van der Waals surface area contributed by atoms with Crippen molar-refractivity contribution in [1.29, 1.82) is 0 Å². The second-order valence-corrected chi connectivity index (χ2v) is 7.35. The van der Waals surface area contributed by atoms with Crippen LogP contribution in [0, 0.1) is 6.92 Å². The Labute approximate surface area is 115 Å². The van der Waals surface area contributed by atoms with Crippen LogP contribution in [-0.4, -0.2) is 54.9 Å². The molecule has 1 N–H and O–H groups in total. The van der Waals surface area contributed by atoms with Gasteiger partial charge in [0.1, 0.15) is 0 Å². The molecule has 0 unspecified atom stereocenters. The van der Waals surface area contributed by atoms with Gasteiger partial charge in [-0.15, -0.1) is 0 Å². The zero-order valence-electron chi connectivity index (χ0n) is 12.1. The number of sulfonamides is 1. The van der Waals surface area contributed by atoms with Gasteiger partial charge in [-0.1, -0.05) is 0 Å². The Bertz CT molecular complexity index is 482. The molecule has 0 saturated heterocycles. The molecule has 0 radical (unpaired) electrons. The van der Waals surface area contributed by atoms with Gasteiger partial charge in [0.15, 0.2) is 0 Å². The third kappa shape index (κ3) is 5.71. The van der Waals surface area contributed by atoms with Crippen LogP contribution in [0.2, 0.25) is 0 Å². The highest BCUT2D eigenvalue weighted by atomic mass is 32.2. The molecule has 1 aromatic heterocycles. The monoisotopic (exact) mass is 288 g/mol. The fraction of sp³-hybridized carbons (Fsp3) is 0.750. The topological polar surface area (TPSA) is 67.2 Å². The van der Waals surface area contributed by atoms with Gasteiger partial charge in [-0.3, -0.25) is 4.68 Å². The van der Waals surface area contributed by atoms with Gasteiger partial charge in [-0.05, 0) is 32.4 Å². The second kappa shape index (κ2) is 7.02. The lowest BCUT2D eigenvalue weighted by atomic mass is 10.3. The van der Waals surface area contributed by atoms with Gasteiger partial charge in [0.2, 0.25) is 10.0 Å². The maximum Gasteiger partial charge on any atom is 0.213 e. The van der Waals surface area contributed by atoms with Crippen LogP contribution < -0.4 is 5.32 Å². The molecule has 0 aromatic carbocycles. The zero-order chi connectivity index (χ0) is 14.5. The van der Waals surface area contributed by atoms with Crippen LogP contribution in [0.25, 0.3) is 0 Å². The Morgan fingerprint density at radius 3 is 2.68 bits per heavy atom. The first-order valence-corrected chi connectivity index (χ1v) is 8.05. The molecular weight excluding hydrogens is 264 g/mol. The van der Waals surface area contributed by atoms with E-state index in [4.69, 9.17) is 0 Å². The minimum atomic E-state index is -3.08. The maximum absolute atomic E-state index is 11.6. The molecule has 6 nitrogen and oxygen atoms in total. The first-order valence-electron chi connectivity index (χ1n) is 6.44. The van der Waals surface area contributed by atoms with E-state index in [0.29, 0.717) is 13.0 Å². The fourth-order valence-corrected chi connectivity index (χ4v) is 2.57. The number of aryl methyl sites for hydroxylation is 1. The Hall–Kier alpha value is -0.920. The van der Waals surface area contributed by atoms with E-state index in [1.54, 1.807) is 14.1 Å². The van der Waals surface area contributed by atoms with Gasteiger partial charge in [-0.2, -0.15) is 5.10 Å². The summed E-state index contributed by atoms with van der Waals surface area (Å²) in [4.78, 5) is 0. The first-order chi connectivity index (χ1) is 8.81. The quantitative estimate of drug-likeness (QED) is 0.705. The molecule has 1 aromatic rings.